The average molecular weight is 551 g/mol. The number of likely N-dealkylation sites (N-methyl/N-ethyl adjacent to an activating group) is 2. The third kappa shape index (κ3) is 5.33. The number of piperazine rings is 1. The van der Waals surface area contributed by atoms with E-state index in [0.29, 0.717) is 46.1 Å². The molecule has 0 bridgehead atoms. The first-order valence-corrected chi connectivity index (χ1v) is 13.4. The number of carbonyl (C=O) groups is 1. The summed E-state index contributed by atoms with van der Waals surface area (Å²) in [6.45, 7) is 4.20. The summed E-state index contributed by atoms with van der Waals surface area (Å²) in [7, 11) is 3.88. The van der Waals surface area contributed by atoms with Gasteiger partial charge in [0.25, 0.3) is 0 Å². The molecule has 1 saturated heterocycles. The van der Waals surface area contributed by atoms with E-state index in [9.17, 15) is 15.2 Å². The molecule has 0 atom stereocenters. The number of nitriles is 1. The second kappa shape index (κ2) is 11.0. The van der Waals surface area contributed by atoms with Crippen LogP contribution in [0.2, 0.25) is 0 Å². The highest BCUT2D eigenvalue weighted by atomic mass is 16.7. The van der Waals surface area contributed by atoms with Gasteiger partial charge in [-0.2, -0.15) is 5.26 Å². The van der Waals surface area contributed by atoms with Crippen molar-refractivity contribution in [2.24, 2.45) is 4.99 Å². The number of H-pyrrole nitrogens is 1. The van der Waals surface area contributed by atoms with Crippen LogP contribution in [-0.2, 0) is 4.79 Å². The molecule has 1 aromatic heterocycles. The molecule has 0 saturated carbocycles. The first kappa shape index (κ1) is 26.4. The zero-order valence-electron chi connectivity index (χ0n) is 22.9. The number of aromatic amines is 1. The minimum absolute atomic E-state index is 0.0345. The van der Waals surface area contributed by atoms with E-state index in [2.05, 4.69) is 27.9 Å². The fraction of sp³-hybridized carbons (Fsp3) is 0.258. The summed E-state index contributed by atoms with van der Waals surface area (Å²) in [5.41, 5.74) is 4.26. The lowest BCUT2D eigenvalue weighted by Gasteiger charge is -2.32. The van der Waals surface area contributed by atoms with Crippen LogP contribution in [-0.4, -0.2) is 85.1 Å². The maximum absolute atomic E-state index is 13.0. The van der Waals surface area contributed by atoms with Crippen molar-refractivity contribution in [1.82, 2.24) is 14.8 Å². The monoisotopic (exact) mass is 550 g/mol. The normalized spacial score (nSPS) is 15.7. The highest BCUT2D eigenvalue weighted by Crippen LogP contribution is 2.37. The second-order valence-corrected chi connectivity index (χ2v) is 10.3. The number of aliphatic imine (C=N–C) groups is 1. The highest BCUT2D eigenvalue weighted by molar-refractivity contribution is 6.22. The molecule has 6 rings (SSSR count). The van der Waals surface area contributed by atoms with Gasteiger partial charge in [-0.1, -0.05) is 6.07 Å². The zero-order valence-corrected chi connectivity index (χ0v) is 22.9. The van der Waals surface area contributed by atoms with Crippen LogP contribution in [0.1, 0.15) is 16.7 Å². The van der Waals surface area contributed by atoms with Crippen molar-refractivity contribution in [3.63, 3.8) is 0 Å². The lowest BCUT2D eigenvalue weighted by Crippen LogP contribution is -2.48. The molecule has 1 fully saturated rings. The van der Waals surface area contributed by atoms with Gasteiger partial charge in [-0.3, -0.25) is 9.69 Å². The lowest BCUT2D eigenvalue weighted by atomic mass is 9.99. The van der Waals surface area contributed by atoms with Gasteiger partial charge in [0.1, 0.15) is 0 Å². The van der Waals surface area contributed by atoms with E-state index in [-0.39, 0.29) is 18.6 Å². The van der Waals surface area contributed by atoms with Gasteiger partial charge in [-0.25, -0.2) is 4.99 Å². The van der Waals surface area contributed by atoms with Gasteiger partial charge in [-0.15, -0.1) is 0 Å². The molecule has 2 N–H and O–H groups in total. The van der Waals surface area contributed by atoms with E-state index in [1.54, 1.807) is 30.1 Å². The Labute approximate surface area is 237 Å². The summed E-state index contributed by atoms with van der Waals surface area (Å²) in [5, 5.41) is 21.1. The van der Waals surface area contributed by atoms with Gasteiger partial charge in [0.15, 0.2) is 17.4 Å². The molecule has 2 aliphatic heterocycles. The number of benzene rings is 3. The molecular formula is C31H30N6O4. The number of ether oxygens (including phenoxy) is 2. The summed E-state index contributed by atoms with van der Waals surface area (Å²) in [5.74, 6) is 1.21. The topological polar surface area (TPSA) is 117 Å². The molecule has 1 amide bonds. The van der Waals surface area contributed by atoms with Gasteiger partial charge < -0.3 is 29.4 Å². The third-order valence-electron chi connectivity index (χ3n) is 7.60. The summed E-state index contributed by atoms with van der Waals surface area (Å²) in [6.07, 6.45) is 0. The molecule has 0 spiro atoms. The van der Waals surface area contributed by atoms with Crippen molar-refractivity contribution < 1.29 is 19.4 Å². The van der Waals surface area contributed by atoms with Gasteiger partial charge in [-0.05, 0) is 61.6 Å². The number of fused-ring (bicyclic) bond motifs is 2. The quantitative estimate of drug-likeness (QED) is 0.350. The molecule has 0 aliphatic carbocycles. The van der Waals surface area contributed by atoms with Crippen molar-refractivity contribution in [1.29, 1.82) is 5.26 Å². The number of nitrogens with zero attached hydrogens (tertiary/aromatic N) is 5. The van der Waals surface area contributed by atoms with Gasteiger partial charge in [0, 0.05) is 49.9 Å². The van der Waals surface area contributed by atoms with E-state index in [0.717, 1.165) is 42.8 Å². The number of anilines is 1. The van der Waals surface area contributed by atoms with Gasteiger partial charge >= 0.3 is 0 Å². The van der Waals surface area contributed by atoms with Crippen molar-refractivity contribution >= 4 is 33.9 Å². The van der Waals surface area contributed by atoms with E-state index in [1.807, 2.05) is 42.5 Å². The maximum Gasteiger partial charge on any atom is 0.240 e. The average Bonchev–Trinajstić information content (AvgIpc) is 3.59. The molecule has 10 heteroatoms. The van der Waals surface area contributed by atoms with Crippen molar-refractivity contribution in [3.05, 3.63) is 77.4 Å². The number of aromatic hydroxyl groups is 1. The smallest absolute Gasteiger partial charge is 0.240 e. The number of amides is 1. The minimum atomic E-state index is -0.0580. The van der Waals surface area contributed by atoms with E-state index >= 15 is 0 Å². The van der Waals surface area contributed by atoms with E-state index < -0.39 is 0 Å². The third-order valence-corrected chi connectivity index (χ3v) is 7.60. The van der Waals surface area contributed by atoms with Gasteiger partial charge in [0.05, 0.1) is 40.7 Å². The minimum Gasteiger partial charge on any atom is -0.494 e. The van der Waals surface area contributed by atoms with Crippen LogP contribution >= 0.6 is 0 Å². The van der Waals surface area contributed by atoms with Crippen LogP contribution in [0.15, 0.2) is 65.7 Å². The SMILES string of the molecule is CN1CCN(CC(=O)N(C)c2ccc(N=C(c3ccc4c(c3)OCO4)c3c(O)[nH]c4cc(C#N)ccc34)cc2)CC1. The van der Waals surface area contributed by atoms with Crippen LogP contribution in [0, 0.1) is 11.3 Å². The molecule has 10 nitrogen and oxygen atoms in total. The Bertz CT molecular complexity index is 1680. The fourth-order valence-electron chi connectivity index (χ4n) is 5.13. The fourth-order valence-corrected chi connectivity index (χ4v) is 5.13. The Hall–Kier alpha value is -4.85. The zero-order chi connectivity index (χ0) is 28.5. The predicted molar refractivity (Wildman–Crippen MR) is 156 cm³/mol. The van der Waals surface area contributed by atoms with Gasteiger partial charge in [0.2, 0.25) is 12.7 Å². The van der Waals surface area contributed by atoms with Crippen molar-refractivity contribution in [2.75, 3.05) is 58.5 Å². The maximum atomic E-state index is 13.0. The summed E-state index contributed by atoms with van der Waals surface area (Å²) in [4.78, 5) is 27.0. The van der Waals surface area contributed by atoms with Crippen LogP contribution < -0.4 is 14.4 Å². The number of hydrogen-bond acceptors (Lipinski definition) is 8. The molecule has 4 aromatic rings. The van der Waals surface area contributed by atoms with Crippen LogP contribution in [0.25, 0.3) is 10.9 Å². The molecule has 0 unspecified atom stereocenters. The molecule has 0 radical (unpaired) electrons. The summed E-state index contributed by atoms with van der Waals surface area (Å²) < 4.78 is 11.1. The first-order chi connectivity index (χ1) is 19.9. The number of hydrogen-bond donors (Lipinski definition) is 2. The second-order valence-electron chi connectivity index (χ2n) is 10.3. The summed E-state index contributed by atoms with van der Waals surface area (Å²) >= 11 is 0. The van der Waals surface area contributed by atoms with Crippen LogP contribution in [0.4, 0.5) is 11.4 Å². The van der Waals surface area contributed by atoms with Crippen LogP contribution in [0.3, 0.4) is 0 Å². The van der Waals surface area contributed by atoms with Crippen LogP contribution in [0.5, 0.6) is 17.4 Å². The van der Waals surface area contributed by atoms with Crippen molar-refractivity contribution in [3.8, 4) is 23.4 Å². The summed E-state index contributed by atoms with van der Waals surface area (Å²) in [6, 6.07) is 20.3. The van der Waals surface area contributed by atoms with E-state index in [4.69, 9.17) is 14.5 Å². The van der Waals surface area contributed by atoms with Crippen molar-refractivity contribution in [2.45, 2.75) is 0 Å². The predicted octanol–water partition coefficient (Wildman–Crippen LogP) is 3.85. The molecule has 208 valence electrons. The molecule has 3 aromatic carbocycles. The molecule has 3 heterocycles. The Morgan fingerprint density at radius 3 is 2.56 bits per heavy atom. The first-order valence-electron chi connectivity index (χ1n) is 13.4. The van der Waals surface area contributed by atoms with E-state index in [1.165, 1.54) is 0 Å². The molecular weight excluding hydrogens is 520 g/mol. The Morgan fingerprint density at radius 2 is 1.80 bits per heavy atom. The Kier molecular flexibility index (Phi) is 7.05. The molecule has 41 heavy (non-hydrogen) atoms. The lowest BCUT2D eigenvalue weighted by molar-refractivity contribution is -0.119. The largest absolute Gasteiger partial charge is 0.494 e. The number of rotatable bonds is 6. The Morgan fingerprint density at radius 1 is 1.05 bits per heavy atom. The standard InChI is InChI=1S/C31H30N6O4/c1-35-11-13-37(14-12-35)18-28(38)36(2)23-7-5-22(6-8-23)33-30(21-4-10-26-27(16-21)41-19-40-26)29-24-9-3-20(17-32)15-25(24)34-31(29)39/h3-10,15-16,34,39H,11-14,18-19H2,1-2H3. The number of nitrogens with one attached hydrogen (secondary N) is 1. The highest BCUT2D eigenvalue weighted by Gasteiger charge is 2.23. The number of aromatic nitrogens is 1. The number of carbonyl (C=O) groups excluding carboxylic acids is 1. The Balaban J connectivity index is 1.33. The molecule has 2 aliphatic rings.